The molecule has 0 aromatic heterocycles. The first kappa shape index (κ1) is 31.0. The smallest absolute Gasteiger partial charge is 0.0836 e. The van der Waals surface area contributed by atoms with Crippen molar-refractivity contribution in [3.63, 3.8) is 0 Å². The van der Waals surface area contributed by atoms with E-state index in [1.165, 1.54) is 161 Å². The van der Waals surface area contributed by atoms with Crippen molar-refractivity contribution in [2.24, 2.45) is 0 Å². The van der Waals surface area contributed by atoms with Crippen LogP contribution in [0.3, 0.4) is 0 Å². The summed E-state index contributed by atoms with van der Waals surface area (Å²) in [4.78, 5) is 0. The second kappa shape index (κ2) is 30.0. The van der Waals surface area contributed by atoms with Crippen molar-refractivity contribution >= 4 is 0 Å². The molecule has 0 aromatic carbocycles. The summed E-state index contributed by atoms with van der Waals surface area (Å²) >= 11 is 0. The van der Waals surface area contributed by atoms with E-state index < -0.39 is 0 Å². The Labute approximate surface area is 198 Å². The lowest BCUT2D eigenvalue weighted by Gasteiger charge is -2.05. The number of hydrogen-bond donors (Lipinski definition) is 0. The molecule has 187 valence electrons. The van der Waals surface area contributed by atoms with Crippen molar-refractivity contribution in [3.8, 4) is 0 Å². The lowest BCUT2D eigenvalue weighted by atomic mass is 10.0. The minimum absolute atomic E-state index is 0.938. The number of unbranched alkanes of at least 4 members (excludes halogenated alkanes) is 24. The van der Waals surface area contributed by atoms with Gasteiger partial charge in [0.05, 0.1) is 6.61 Å². The fourth-order valence-electron chi connectivity index (χ4n) is 4.44. The average molecular weight is 438 g/mol. The highest BCUT2D eigenvalue weighted by molar-refractivity contribution is 4.54. The van der Waals surface area contributed by atoms with Gasteiger partial charge in [-0.1, -0.05) is 168 Å². The third kappa shape index (κ3) is 30.0. The largest absolute Gasteiger partial charge is 0.376 e. The Morgan fingerprint density at radius 3 is 1.00 bits per heavy atom. The summed E-state index contributed by atoms with van der Waals surface area (Å²) in [6, 6.07) is 0. The van der Waals surface area contributed by atoms with Crippen LogP contribution in [-0.4, -0.2) is 6.61 Å². The third-order valence-corrected chi connectivity index (χ3v) is 6.66. The average Bonchev–Trinajstić information content (AvgIpc) is 2.78. The van der Waals surface area contributed by atoms with Gasteiger partial charge in [0.1, 0.15) is 0 Å². The van der Waals surface area contributed by atoms with Crippen molar-refractivity contribution < 1.29 is 4.74 Å². The molecule has 0 bridgehead atoms. The first-order valence-electron chi connectivity index (χ1n) is 14.8. The maximum absolute atomic E-state index is 5.68. The summed E-state index contributed by atoms with van der Waals surface area (Å²) in [5.74, 6) is 0. The van der Waals surface area contributed by atoms with Crippen molar-refractivity contribution in [2.45, 2.75) is 181 Å². The summed E-state index contributed by atoms with van der Waals surface area (Å²) in [6.45, 7) is 7.60. The van der Waals surface area contributed by atoms with E-state index in [9.17, 15) is 0 Å². The lowest BCUT2D eigenvalue weighted by Crippen LogP contribution is -1.92. The molecule has 1 nitrogen and oxygen atoms in total. The van der Waals surface area contributed by atoms with E-state index >= 15 is 0 Å². The number of ether oxygens (including phenoxy) is 1. The molecule has 0 spiro atoms. The monoisotopic (exact) mass is 437 g/mol. The minimum atomic E-state index is 0.938. The van der Waals surface area contributed by atoms with Gasteiger partial charge in [0.2, 0.25) is 0 Å². The number of rotatable bonds is 28. The molecule has 0 aliphatic carbocycles. The summed E-state index contributed by atoms with van der Waals surface area (Å²) in [7, 11) is 0. The van der Waals surface area contributed by atoms with Crippen LogP contribution in [0.25, 0.3) is 0 Å². The van der Waals surface area contributed by atoms with Gasteiger partial charge < -0.3 is 4.74 Å². The van der Waals surface area contributed by atoms with Crippen molar-refractivity contribution in [1.29, 1.82) is 0 Å². The van der Waals surface area contributed by atoms with E-state index in [-0.39, 0.29) is 0 Å². The van der Waals surface area contributed by atoms with Gasteiger partial charge in [0.15, 0.2) is 0 Å². The van der Waals surface area contributed by atoms with Crippen LogP contribution in [0, 0.1) is 6.61 Å². The quantitative estimate of drug-likeness (QED) is 0.111. The Morgan fingerprint density at radius 1 is 0.355 bits per heavy atom. The van der Waals surface area contributed by atoms with E-state index in [4.69, 9.17) is 4.74 Å². The SMILES string of the molecule is CCCCCCCCCCCCCCCCCCC[CH]OCCCCCCCCCC. The summed E-state index contributed by atoms with van der Waals surface area (Å²) < 4.78 is 5.68. The van der Waals surface area contributed by atoms with Gasteiger partial charge in [-0.2, -0.15) is 0 Å². The van der Waals surface area contributed by atoms with Crippen molar-refractivity contribution in [1.82, 2.24) is 0 Å². The van der Waals surface area contributed by atoms with Gasteiger partial charge in [-0.3, -0.25) is 0 Å². The fourth-order valence-corrected chi connectivity index (χ4v) is 4.44. The van der Waals surface area contributed by atoms with E-state index in [1.807, 2.05) is 0 Å². The van der Waals surface area contributed by atoms with Crippen LogP contribution in [0.15, 0.2) is 0 Å². The molecule has 0 rings (SSSR count). The predicted octanol–water partition coefficient (Wildman–Crippen LogP) is 11.3. The Hall–Kier alpha value is -0.0400. The first-order chi connectivity index (χ1) is 15.4. The zero-order chi connectivity index (χ0) is 22.5. The van der Waals surface area contributed by atoms with Crippen LogP contribution in [0.5, 0.6) is 0 Å². The molecular formula is C30H61O. The normalized spacial score (nSPS) is 11.4. The molecule has 0 atom stereocenters. The third-order valence-electron chi connectivity index (χ3n) is 6.66. The standard InChI is InChI=1S/C30H61O/c1-3-5-7-9-11-13-14-15-16-17-18-19-20-21-22-24-26-28-30-31-29-27-25-23-12-10-8-6-4-2/h30H,3-29H2,1-2H3. The highest BCUT2D eigenvalue weighted by atomic mass is 16.5. The molecule has 31 heavy (non-hydrogen) atoms. The highest BCUT2D eigenvalue weighted by Gasteiger charge is 1.96. The zero-order valence-electron chi connectivity index (χ0n) is 22.1. The van der Waals surface area contributed by atoms with Crippen molar-refractivity contribution in [3.05, 3.63) is 6.61 Å². The molecule has 0 aliphatic heterocycles. The molecule has 0 saturated carbocycles. The molecule has 0 amide bonds. The van der Waals surface area contributed by atoms with Gasteiger partial charge in [-0.05, 0) is 12.8 Å². The predicted molar refractivity (Wildman–Crippen MR) is 142 cm³/mol. The van der Waals surface area contributed by atoms with E-state index in [0.29, 0.717) is 0 Å². The Bertz CT molecular complexity index is 260. The molecule has 0 heterocycles. The maximum Gasteiger partial charge on any atom is 0.0836 e. The van der Waals surface area contributed by atoms with E-state index in [2.05, 4.69) is 20.5 Å². The summed E-state index contributed by atoms with van der Waals surface area (Å²) in [5, 5.41) is 0. The second-order valence-corrected chi connectivity index (χ2v) is 9.96. The zero-order valence-corrected chi connectivity index (χ0v) is 22.1. The fraction of sp³-hybridized carbons (Fsp3) is 0.967. The van der Waals surface area contributed by atoms with Crippen LogP contribution in [0.2, 0.25) is 0 Å². The van der Waals surface area contributed by atoms with E-state index in [0.717, 1.165) is 13.0 Å². The van der Waals surface area contributed by atoms with Crippen LogP contribution in [0.1, 0.15) is 181 Å². The molecule has 0 aliphatic rings. The Balaban J connectivity index is 2.98. The van der Waals surface area contributed by atoms with Crippen LogP contribution < -0.4 is 0 Å². The van der Waals surface area contributed by atoms with Gasteiger partial charge in [-0.25, -0.2) is 0 Å². The van der Waals surface area contributed by atoms with Gasteiger partial charge in [0.25, 0.3) is 0 Å². The maximum atomic E-state index is 5.68. The second-order valence-electron chi connectivity index (χ2n) is 9.96. The minimum Gasteiger partial charge on any atom is -0.376 e. The molecular weight excluding hydrogens is 376 g/mol. The lowest BCUT2D eigenvalue weighted by molar-refractivity contribution is 0.183. The van der Waals surface area contributed by atoms with Gasteiger partial charge in [0, 0.05) is 6.61 Å². The molecule has 0 unspecified atom stereocenters. The molecule has 1 radical (unpaired) electrons. The topological polar surface area (TPSA) is 9.23 Å². The molecule has 0 fully saturated rings. The molecule has 0 aromatic rings. The van der Waals surface area contributed by atoms with E-state index in [1.54, 1.807) is 0 Å². The van der Waals surface area contributed by atoms with Crippen LogP contribution >= 0.6 is 0 Å². The molecule has 0 saturated heterocycles. The van der Waals surface area contributed by atoms with Crippen LogP contribution in [0.4, 0.5) is 0 Å². The summed E-state index contributed by atoms with van der Waals surface area (Å²) in [5.41, 5.74) is 0. The Kier molecular flexibility index (Phi) is 29.9. The Morgan fingerprint density at radius 2 is 0.645 bits per heavy atom. The molecule has 1 heteroatoms. The molecule has 0 N–H and O–H groups in total. The number of hydrogen-bond acceptors (Lipinski definition) is 1. The van der Waals surface area contributed by atoms with Crippen LogP contribution in [-0.2, 0) is 4.74 Å². The first-order valence-corrected chi connectivity index (χ1v) is 14.8. The van der Waals surface area contributed by atoms with Gasteiger partial charge >= 0.3 is 0 Å². The van der Waals surface area contributed by atoms with Gasteiger partial charge in [-0.15, -0.1) is 0 Å². The van der Waals surface area contributed by atoms with Crippen molar-refractivity contribution in [2.75, 3.05) is 6.61 Å². The summed E-state index contributed by atoms with van der Waals surface area (Å²) in [6.07, 6.45) is 36.7. The highest BCUT2D eigenvalue weighted by Crippen LogP contribution is 2.15.